The lowest BCUT2D eigenvalue weighted by Crippen LogP contribution is -1.91. The van der Waals surface area contributed by atoms with Gasteiger partial charge in [-0.25, -0.2) is 0 Å². The maximum atomic E-state index is 6.76. The lowest BCUT2D eigenvalue weighted by Gasteiger charge is -2.18. The van der Waals surface area contributed by atoms with Crippen LogP contribution in [0.3, 0.4) is 0 Å². The quantitative estimate of drug-likeness (QED) is 0.174. The predicted molar refractivity (Wildman–Crippen MR) is 208 cm³/mol. The van der Waals surface area contributed by atoms with Crippen LogP contribution in [0.15, 0.2) is 162 Å². The fourth-order valence-electron chi connectivity index (χ4n) is 8.15. The Morgan fingerprint density at radius 2 is 1.02 bits per heavy atom. The van der Waals surface area contributed by atoms with Crippen LogP contribution >= 0.6 is 11.3 Å². The van der Waals surface area contributed by atoms with Crippen LogP contribution in [0, 0.1) is 0 Å². The van der Waals surface area contributed by atoms with E-state index in [1.807, 2.05) is 11.3 Å². The molecule has 0 saturated carbocycles. The zero-order valence-corrected chi connectivity index (χ0v) is 26.6. The minimum atomic E-state index is 0.917. The topological polar surface area (TPSA) is 13.1 Å². The molecule has 0 saturated heterocycles. The Morgan fingerprint density at radius 3 is 1.79 bits per heavy atom. The van der Waals surface area contributed by atoms with Gasteiger partial charge in [-0.3, -0.25) is 0 Å². The Balaban J connectivity index is 1.22. The van der Waals surface area contributed by atoms with Gasteiger partial charge in [0.25, 0.3) is 0 Å². The molecule has 0 unspecified atom stereocenters. The molecule has 0 aliphatic heterocycles. The van der Waals surface area contributed by atoms with Crippen molar-refractivity contribution in [3.63, 3.8) is 0 Å². The Morgan fingerprint density at radius 1 is 0.396 bits per heavy atom. The molecule has 222 valence electrons. The van der Waals surface area contributed by atoms with E-state index in [4.69, 9.17) is 4.42 Å². The zero-order chi connectivity index (χ0) is 31.3. The van der Waals surface area contributed by atoms with E-state index in [2.05, 4.69) is 158 Å². The van der Waals surface area contributed by atoms with Crippen molar-refractivity contribution in [1.82, 2.24) is 0 Å². The molecule has 0 amide bonds. The first-order chi connectivity index (χ1) is 23.8. The van der Waals surface area contributed by atoms with E-state index in [-0.39, 0.29) is 0 Å². The van der Waals surface area contributed by atoms with Crippen LogP contribution in [0.4, 0.5) is 0 Å². The molecule has 2 heteroatoms. The summed E-state index contributed by atoms with van der Waals surface area (Å²) in [6.45, 7) is 0. The highest BCUT2D eigenvalue weighted by atomic mass is 32.1. The summed E-state index contributed by atoms with van der Waals surface area (Å²) in [6.07, 6.45) is 0. The van der Waals surface area contributed by atoms with Crippen molar-refractivity contribution in [3.05, 3.63) is 158 Å². The number of rotatable bonds is 2. The highest BCUT2D eigenvalue weighted by Gasteiger charge is 2.20. The van der Waals surface area contributed by atoms with Gasteiger partial charge in [-0.2, -0.15) is 0 Å². The van der Waals surface area contributed by atoms with E-state index >= 15 is 0 Å². The number of benzene rings is 9. The summed E-state index contributed by atoms with van der Waals surface area (Å²) < 4.78 is 9.36. The third-order valence-electron chi connectivity index (χ3n) is 10.2. The van der Waals surface area contributed by atoms with Crippen LogP contribution in [0.25, 0.3) is 107 Å². The lowest BCUT2D eigenvalue weighted by molar-refractivity contribution is 0.673. The summed E-state index contributed by atoms with van der Waals surface area (Å²) in [5, 5.41) is 14.9. The second-order valence-corrected chi connectivity index (χ2v) is 13.8. The van der Waals surface area contributed by atoms with Gasteiger partial charge in [0, 0.05) is 36.3 Å². The maximum Gasteiger partial charge on any atom is 0.144 e. The second kappa shape index (κ2) is 9.78. The molecule has 0 bridgehead atoms. The van der Waals surface area contributed by atoms with Crippen LogP contribution in [-0.4, -0.2) is 0 Å². The third kappa shape index (κ3) is 3.55. The van der Waals surface area contributed by atoms with Crippen molar-refractivity contribution >= 4 is 96.5 Å². The minimum absolute atomic E-state index is 0.917. The fourth-order valence-corrected chi connectivity index (χ4v) is 9.40. The molecule has 2 aromatic heterocycles. The largest absolute Gasteiger partial charge is 0.455 e. The molecule has 2 heterocycles. The standard InChI is InChI=1S/C46H26OS/c1-2-12-30-27(10-1)11-9-18-32(30)44-35-16-5-3-14-33(35)42(34-15-4-6-17-36(34)44)29-22-25-40-39(26-29)37-23-20-28-21-24-38-31-13-7-8-19-41(31)48-46(38)43(28)45(37)47-40/h1-26H. The molecule has 1 nitrogen and oxygen atoms in total. The highest BCUT2D eigenvalue weighted by Crippen LogP contribution is 2.47. The van der Waals surface area contributed by atoms with Crippen molar-refractivity contribution in [2.24, 2.45) is 0 Å². The molecule has 11 aromatic rings. The predicted octanol–water partition coefficient (Wildman–Crippen LogP) is 13.9. The summed E-state index contributed by atoms with van der Waals surface area (Å²) in [7, 11) is 0. The van der Waals surface area contributed by atoms with Gasteiger partial charge >= 0.3 is 0 Å². The number of furan rings is 1. The van der Waals surface area contributed by atoms with E-state index in [0.29, 0.717) is 0 Å². The molecular weight excluding hydrogens is 601 g/mol. The van der Waals surface area contributed by atoms with Gasteiger partial charge in [0.2, 0.25) is 0 Å². The summed E-state index contributed by atoms with van der Waals surface area (Å²) in [4.78, 5) is 0. The zero-order valence-electron chi connectivity index (χ0n) is 25.8. The van der Waals surface area contributed by atoms with Crippen LogP contribution in [0.2, 0.25) is 0 Å². The van der Waals surface area contributed by atoms with Crippen LogP contribution in [-0.2, 0) is 0 Å². The van der Waals surface area contributed by atoms with Crippen LogP contribution in [0.1, 0.15) is 0 Å². The second-order valence-electron chi connectivity index (χ2n) is 12.8. The minimum Gasteiger partial charge on any atom is -0.455 e. The van der Waals surface area contributed by atoms with Crippen molar-refractivity contribution in [3.8, 4) is 22.3 Å². The van der Waals surface area contributed by atoms with Gasteiger partial charge in [-0.05, 0) is 84.2 Å². The summed E-state index contributed by atoms with van der Waals surface area (Å²) in [6, 6.07) is 57.7. The number of thiophene rings is 1. The molecule has 0 aliphatic carbocycles. The summed E-state index contributed by atoms with van der Waals surface area (Å²) >= 11 is 1.86. The van der Waals surface area contributed by atoms with Crippen LogP contribution in [0.5, 0.6) is 0 Å². The molecule has 0 aliphatic rings. The Labute approximate surface area is 279 Å². The van der Waals surface area contributed by atoms with Crippen molar-refractivity contribution in [2.75, 3.05) is 0 Å². The van der Waals surface area contributed by atoms with E-state index in [1.165, 1.54) is 85.5 Å². The normalized spacial score (nSPS) is 12.2. The summed E-state index contributed by atoms with van der Waals surface area (Å²) in [5.74, 6) is 0. The molecule has 0 radical (unpaired) electrons. The van der Waals surface area contributed by atoms with E-state index in [9.17, 15) is 0 Å². The average Bonchev–Trinajstić information content (AvgIpc) is 3.72. The molecule has 0 N–H and O–H groups in total. The first-order valence-electron chi connectivity index (χ1n) is 16.4. The van der Waals surface area contributed by atoms with Crippen molar-refractivity contribution in [1.29, 1.82) is 0 Å². The Kier molecular flexibility index (Phi) is 5.32. The van der Waals surface area contributed by atoms with Crippen molar-refractivity contribution < 1.29 is 4.42 Å². The summed E-state index contributed by atoms with van der Waals surface area (Å²) in [5.41, 5.74) is 6.90. The monoisotopic (exact) mass is 626 g/mol. The van der Waals surface area contributed by atoms with Crippen molar-refractivity contribution in [2.45, 2.75) is 0 Å². The molecular formula is C46H26OS. The van der Waals surface area contributed by atoms with Gasteiger partial charge in [0.1, 0.15) is 11.2 Å². The third-order valence-corrected chi connectivity index (χ3v) is 11.4. The van der Waals surface area contributed by atoms with Gasteiger partial charge < -0.3 is 4.42 Å². The Bertz CT molecular complexity index is 3060. The smallest absolute Gasteiger partial charge is 0.144 e. The fraction of sp³-hybridized carbons (Fsp3) is 0. The van der Waals surface area contributed by atoms with Crippen LogP contribution < -0.4 is 0 Å². The van der Waals surface area contributed by atoms with Gasteiger partial charge in [0.05, 0.1) is 0 Å². The molecule has 0 atom stereocenters. The number of fused-ring (bicyclic) bond motifs is 12. The average molecular weight is 627 g/mol. The lowest BCUT2D eigenvalue weighted by atomic mass is 9.84. The maximum absolute atomic E-state index is 6.76. The molecule has 0 fully saturated rings. The number of hydrogen-bond donors (Lipinski definition) is 0. The highest BCUT2D eigenvalue weighted by molar-refractivity contribution is 7.26. The molecule has 11 rings (SSSR count). The van der Waals surface area contributed by atoms with E-state index in [1.54, 1.807) is 0 Å². The van der Waals surface area contributed by atoms with Gasteiger partial charge in [-0.15, -0.1) is 11.3 Å². The van der Waals surface area contributed by atoms with Gasteiger partial charge in [0.15, 0.2) is 0 Å². The molecule has 9 aromatic carbocycles. The Hall–Kier alpha value is -5.96. The first-order valence-corrected chi connectivity index (χ1v) is 17.2. The number of hydrogen-bond acceptors (Lipinski definition) is 2. The van der Waals surface area contributed by atoms with E-state index < -0.39 is 0 Å². The van der Waals surface area contributed by atoms with Gasteiger partial charge in [-0.1, -0.05) is 133 Å². The first kappa shape index (κ1) is 26.1. The molecule has 0 spiro atoms. The molecule has 48 heavy (non-hydrogen) atoms. The SMILES string of the molecule is c1ccc2c(-c3c4ccccc4c(-c4ccc5oc6c(ccc7ccc8c9ccccc9sc8c76)c5c4)c4ccccc34)cccc2c1. The van der Waals surface area contributed by atoms with E-state index in [0.717, 1.165) is 21.9 Å².